The first-order chi connectivity index (χ1) is 10.4. The lowest BCUT2D eigenvalue weighted by Gasteiger charge is -2.30. The summed E-state index contributed by atoms with van der Waals surface area (Å²) in [5, 5.41) is 9.33. The summed E-state index contributed by atoms with van der Waals surface area (Å²) in [6.45, 7) is 3.58. The van der Waals surface area contributed by atoms with E-state index in [4.69, 9.17) is 21.6 Å². The zero-order chi connectivity index (χ0) is 15.9. The molecule has 0 radical (unpaired) electrons. The normalized spacial score (nSPS) is 15.3. The van der Waals surface area contributed by atoms with E-state index in [1.807, 2.05) is 0 Å². The summed E-state index contributed by atoms with van der Waals surface area (Å²) in [7, 11) is 0. The van der Waals surface area contributed by atoms with Crippen molar-refractivity contribution in [2.45, 2.75) is 19.6 Å². The Labute approximate surface area is 132 Å². The molecule has 110 valence electrons. The molecule has 0 aliphatic carbocycles. The molecule has 5 nitrogen and oxygen atoms in total. The van der Waals surface area contributed by atoms with Gasteiger partial charge in [-0.2, -0.15) is 5.26 Å². The molecular formula is C16H12ClN3O2. The van der Waals surface area contributed by atoms with E-state index in [0.717, 1.165) is 0 Å². The fraction of sp³-hybridized carbons (Fsp3) is 0.188. The van der Waals surface area contributed by atoms with Crippen LogP contribution in [0.4, 0.5) is 0 Å². The van der Waals surface area contributed by atoms with Gasteiger partial charge in [0.15, 0.2) is 11.6 Å². The molecule has 0 fully saturated rings. The van der Waals surface area contributed by atoms with E-state index >= 15 is 0 Å². The molecule has 0 spiro atoms. The maximum atomic E-state index is 12.2. The lowest BCUT2D eigenvalue weighted by molar-refractivity contribution is 0.114. The van der Waals surface area contributed by atoms with E-state index < -0.39 is 5.72 Å². The van der Waals surface area contributed by atoms with Crippen LogP contribution in [0, 0.1) is 11.3 Å². The Bertz CT molecular complexity index is 891. The molecule has 1 aromatic heterocycles. The zero-order valence-corrected chi connectivity index (χ0v) is 12.8. The first kappa shape index (κ1) is 14.4. The van der Waals surface area contributed by atoms with E-state index in [2.05, 4.69) is 11.1 Å². The van der Waals surface area contributed by atoms with Crippen LogP contribution >= 0.6 is 11.6 Å². The lowest BCUT2D eigenvalue weighted by atomic mass is 10.1. The summed E-state index contributed by atoms with van der Waals surface area (Å²) >= 11 is 6.17. The molecule has 0 N–H and O–H groups in total. The van der Waals surface area contributed by atoms with Crippen molar-refractivity contribution in [1.29, 1.82) is 5.26 Å². The highest BCUT2D eigenvalue weighted by Crippen LogP contribution is 2.31. The van der Waals surface area contributed by atoms with Crippen molar-refractivity contribution in [3.05, 3.63) is 63.0 Å². The predicted octanol–water partition coefficient (Wildman–Crippen LogP) is 2.80. The highest BCUT2D eigenvalue weighted by atomic mass is 35.5. The monoisotopic (exact) mass is 313 g/mol. The van der Waals surface area contributed by atoms with Gasteiger partial charge in [0.25, 0.3) is 5.56 Å². The van der Waals surface area contributed by atoms with Crippen molar-refractivity contribution in [3.63, 3.8) is 0 Å². The van der Waals surface area contributed by atoms with Gasteiger partial charge in [-0.3, -0.25) is 9.36 Å². The summed E-state index contributed by atoms with van der Waals surface area (Å²) in [5.74, 6) is 0.930. The summed E-state index contributed by atoms with van der Waals surface area (Å²) in [4.78, 5) is 16.7. The maximum Gasteiger partial charge on any atom is 0.257 e. The SMILES string of the molecule is CC1(C)N=C(n2c(Cl)cccc2=O)c2cc(C#N)ccc2O1. The molecule has 2 aromatic rings. The number of hydrogen-bond donors (Lipinski definition) is 0. The number of nitrogens with zero attached hydrogens (tertiary/aromatic N) is 3. The minimum atomic E-state index is -0.838. The predicted molar refractivity (Wildman–Crippen MR) is 83.5 cm³/mol. The second-order valence-corrected chi connectivity index (χ2v) is 5.72. The van der Waals surface area contributed by atoms with Crippen LogP contribution in [0.25, 0.3) is 0 Å². The van der Waals surface area contributed by atoms with Crippen LogP contribution in [0.15, 0.2) is 46.2 Å². The topological polar surface area (TPSA) is 67.4 Å². The van der Waals surface area contributed by atoms with Gasteiger partial charge in [-0.25, -0.2) is 4.99 Å². The number of rotatable bonds is 0. The van der Waals surface area contributed by atoms with Crippen molar-refractivity contribution in [3.8, 4) is 11.8 Å². The number of ether oxygens (including phenoxy) is 1. The quantitative estimate of drug-likeness (QED) is 0.702. The highest BCUT2D eigenvalue weighted by Gasteiger charge is 2.30. The fourth-order valence-corrected chi connectivity index (χ4v) is 2.55. The van der Waals surface area contributed by atoms with Gasteiger partial charge in [-0.1, -0.05) is 17.7 Å². The number of fused-ring (bicyclic) bond motifs is 1. The van der Waals surface area contributed by atoms with E-state index in [1.165, 1.54) is 10.6 Å². The van der Waals surface area contributed by atoms with E-state index in [9.17, 15) is 4.79 Å². The van der Waals surface area contributed by atoms with E-state index in [0.29, 0.717) is 22.7 Å². The molecule has 1 aromatic carbocycles. The highest BCUT2D eigenvalue weighted by molar-refractivity contribution is 6.31. The van der Waals surface area contributed by atoms with Crippen LogP contribution < -0.4 is 10.3 Å². The third-order valence-electron chi connectivity index (χ3n) is 3.20. The minimum Gasteiger partial charge on any atom is -0.466 e. The average Bonchev–Trinajstić information content (AvgIpc) is 2.45. The van der Waals surface area contributed by atoms with Gasteiger partial charge in [-0.05, 0) is 38.1 Å². The first-order valence-corrected chi connectivity index (χ1v) is 7.00. The Morgan fingerprint density at radius 2 is 2.09 bits per heavy atom. The van der Waals surface area contributed by atoms with Gasteiger partial charge >= 0.3 is 0 Å². The molecule has 2 heterocycles. The van der Waals surface area contributed by atoms with Crippen LogP contribution in [0.5, 0.6) is 5.75 Å². The molecule has 1 aliphatic rings. The Morgan fingerprint density at radius 3 is 2.77 bits per heavy atom. The van der Waals surface area contributed by atoms with Crippen LogP contribution in [-0.2, 0) is 0 Å². The summed E-state index contributed by atoms with van der Waals surface area (Å²) < 4.78 is 7.11. The Balaban J connectivity index is 2.33. The van der Waals surface area contributed by atoms with Crippen LogP contribution in [-0.4, -0.2) is 16.1 Å². The van der Waals surface area contributed by atoms with Gasteiger partial charge in [0.1, 0.15) is 10.9 Å². The smallest absolute Gasteiger partial charge is 0.257 e. The number of hydrogen-bond acceptors (Lipinski definition) is 4. The molecule has 0 atom stereocenters. The van der Waals surface area contributed by atoms with E-state index in [1.54, 1.807) is 44.2 Å². The minimum absolute atomic E-state index is 0.247. The molecule has 0 bridgehead atoms. The van der Waals surface area contributed by atoms with Gasteiger partial charge in [0.05, 0.1) is 17.2 Å². The number of pyridine rings is 1. The zero-order valence-electron chi connectivity index (χ0n) is 12.0. The molecule has 0 saturated heterocycles. The first-order valence-electron chi connectivity index (χ1n) is 6.63. The number of benzene rings is 1. The molecular weight excluding hydrogens is 302 g/mol. The lowest BCUT2D eigenvalue weighted by Crippen LogP contribution is -2.38. The second-order valence-electron chi connectivity index (χ2n) is 5.33. The molecule has 0 saturated carbocycles. The Kier molecular flexibility index (Phi) is 3.27. The molecule has 3 rings (SSSR count). The maximum absolute atomic E-state index is 12.2. The van der Waals surface area contributed by atoms with Crippen molar-refractivity contribution in [1.82, 2.24) is 4.57 Å². The Morgan fingerprint density at radius 1 is 1.32 bits per heavy atom. The standard InChI is InChI=1S/C16H12ClN3O2/c1-16(2)19-15(20-13(17)4-3-5-14(20)21)11-8-10(9-18)6-7-12(11)22-16/h3-8H,1-2H3. The number of nitriles is 1. The van der Waals surface area contributed by atoms with Crippen molar-refractivity contribution >= 4 is 17.4 Å². The molecule has 6 heteroatoms. The number of aromatic nitrogens is 1. The summed E-state index contributed by atoms with van der Waals surface area (Å²) in [6.07, 6.45) is 0. The van der Waals surface area contributed by atoms with Gasteiger partial charge in [0, 0.05) is 6.07 Å². The van der Waals surface area contributed by atoms with Gasteiger partial charge in [-0.15, -0.1) is 0 Å². The van der Waals surface area contributed by atoms with Crippen molar-refractivity contribution < 1.29 is 4.74 Å². The fourth-order valence-electron chi connectivity index (χ4n) is 2.31. The van der Waals surface area contributed by atoms with E-state index in [-0.39, 0.29) is 10.7 Å². The molecule has 0 amide bonds. The molecule has 0 unspecified atom stereocenters. The number of aliphatic imine (C=N–C) groups is 1. The molecule has 1 aliphatic heterocycles. The average molecular weight is 314 g/mol. The largest absolute Gasteiger partial charge is 0.466 e. The van der Waals surface area contributed by atoms with Gasteiger partial charge in [0.2, 0.25) is 0 Å². The summed E-state index contributed by atoms with van der Waals surface area (Å²) in [5.41, 5.74) is -0.115. The van der Waals surface area contributed by atoms with Crippen LogP contribution in [0.2, 0.25) is 5.15 Å². The van der Waals surface area contributed by atoms with Crippen LogP contribution in [0.1, 0.15) is 25.0 Å². The van der Waals surface area contributed by atoms with Crippen LogP contribution in [0.3, 0.4) is 0 Å². The third-order valence-corrected chi connectivity index (χ3v) is 3.50. The molecule has 22 heavy (non-hydrogen) atoms. The van der Waals surface area contributed by atoms with Gasteiger partial charge < -0.3 is 4.74 Å². The number of halogens is 1. The second kappa shape index (κ2) is 5.00. The van der Waals surface area contributed by atoms with Crippen molar-refractivity contribution in [2.75, 3.05) is 0 Å². The summed E-state index contributed by atoms with van der Waals surface area (Å²) in [6, 6.07) is 11.7. The Hall–Kier alpha value is -2.58. The third kappa shape index (κ3) is 2.38. The van der Waals surface area contributed by atoms with Crippen molar-refractivity contribution in [2.24, 2.45) is 4.99 Å².